The summed E-state index contributed by atoms with van der Waals surface area (Å²) in [5.41, 5.74) is 5.83. The van der Waals surface area contributed by atoms with Gasteiger partial charge >= 0.3 is 0 Å². The van der Waals surface area contributed by atoms with Gasteiger partial charge in [-0.3, -0.25) is 9.59 Å². The van der Waals surface area contributed by atoms with Gasteiger partial charge in [0.1, 0.15) is 11.5 Å². The van der Waals surface area contributed by atoms with Crippen molar-refractivity contribution in [1.82, 2.24) is 0 Å². The summed E-state index contributed by atoms with van der Waals surface area (Å²) in [4.78, 5) is 24.7. The number of rotatable bonds is 4. The number of ketones is 2. The highest BCUT2D eigenvalue weighted by Gasteiger charge is 2.35. The second kappa shape index (κ2) is 6.66. The fourth-order valence-electron chi connectivity index (χ4n) is 4.34. The Labute approximate surface area is 148 Å². The molecule has 0 radical (unpaired) electrons. The van der Waals surface area contributed by atoms with Gasteiger partial charge in [0.25, 0.3) is 0 Å². The summed E-state index contributed by atoms with van der Waals surface area (Å²) in [5.74, 6) is 0.429. The van der Waals surface area contributed by atoms with E-state index in [1.807, 2.05) is 6.92 Å². The summed E-state index contributed by atoms with van der Waals surface area (Å²) in [6.07, 6.45) is 2.52. The SMILES string of the molecule is CCCC(=O)C1=C(O)CC(c2c(C)c(C)c3c(c2C)CCO3)CC1=O. The standard InChI is InChI=1S/C21H26O4/c1-5-6-16(22)20-17(23)9-14(10-18(20)24)19-11(2)12(3)21-15(13(19)4)7-8-25-21/h14,23H,5-10H2,1-4H3. The number of carbonyl (C=O) groups is 2. The first-order valence-corrected chi connectivity index (χ1v) is 9.10. The summed E-state index contributed by atoms with van der Waals surface area (Å²) in [6.45, 7) is 8.79. The lowest BCUT2D eigenvalue weighted by Gasteiger charge is -2.28. The van der Waals surface area contributed by atoms with Gasteiger partial charge < -0.3 is 9.84 Å². The molecule has 1 aliphatic heterocycles. The lowest BCUT2D eigenvalue weighted by Crippen LogP contribution is -2.24. The molecule has 0 spiro atoms. The molecule has 1 N–H and O–H groups in total. The number of aliphatic hydroxyl groups excluding tert-OH is 1. The molecule has 134 valence electrons. The Morgan fingerprint density at radius 3 is 2.52 bits per heavy atom. The van der Waals surface area contributed by atoms with Crippen LogP contribution in [0.1, 0.15) is 66.3 Å². The van der Waals surface area contributed by atoms with Crippen LogP contribution in [-0.4, -0.2) is 23.3 Å². The monoisotopic (exact) mass is 342 g/mol. The van der Waals surface area contributed by atoms with Gasteiger partial charge in [-0.2, -0.15) is 0 Å². The zero-order valence-corrected chi connectivity index (χ0v) is 15.5. The number of ether oxygens (including phenoxy) is 1. The van der Waals surface area contributed by atoms with Gasteiger partial charge in [0.2, 0.25) is 0 Å². The molecule has 0 aromatic heterocycles. The van der Waals surface area contributed by atoms with Crippen molar-refractivity contribution in [2.24, 2.45) is 0 Å². The van der Waals surface area contributed by atoms with Crippen LogP contribution >= 0.6 is 0 Å². The lowest BCUT2D eigenvalue weighted by molar-refractivity contribution is -0.122. The van der Waals surface area contributed by atoms with Gasteiger partial charge in [-0.15, -0.1) is 0 Å². The summed E-state index contributed by atoms with van der Waals surface area (Å²) in [7, 11) is 0. The Morgan fingerprint density at radius 2 is 1.88 bits per heavy atom. The quantitative estimate of drug-likeness (QED) is 0.834. The van der Waals surface area contributed by atoms with Gasteiger partial charge in [0.05, 0.1) is 12.2 Å². The first-order chi connectivity index (χ1) is 11.9. The molecule has 0 saturated heterocycles. The van der Waals surface area contributed by atoms with Gasteiger partial charge in [-0.1, -0.05) is 6.92 Å². The molecule has 1 heterocycles. The Kier molecular flexibility index (Phi) is 4.72. The predicted molar refractivity (Wildman–Crippen MR) is 96.4 cm³/mol. The van der Waals surface area contributed by atoms with E-state index in [9.17, 15) is 14.7 Å². The maximum atomic E-state index is 12.6. The number of aliphatic hydroxyl groups is 1. The normalized spacial score (nSPS) is 19.8. The Balaban J connectivity index is 2.02. The molecule has 1 aliphatic carbocycles. The number of fused-ring (bicyclic) bond motifs is 1. The topological polar surface area (TPSA) is 63.6 Å². The molecular weight excluding hydrogens is 316 g/mol. The number of allylic oxidation sites excluding steroid dienone is 2. The van der Waals surface area contributed by atoms with E-state index in [1.54, 1.807) is 0 Å². The predicted octanol–water partition coefficient (Wildman–Crippen LogP) is 4.17. The van der Waals surface area contributed by atoms with E-state index in [2.05, 4.69) is 20.8 Å². The Bertz CT molecular complexity index is 786. The number of hydrogen-bond donors (Lipinski definition) is 1. The molecule has 0 bridgehead atoms. The Morgan fingerprint density at radius 1 is 1.16 bits per heavy atom. The molecule has 2 aliphatic rings. The van der Waals surface area contributed by atoms with Crippen LogP contribution in [0.15, 0.2) is 11.3 Å². The fourth-order valence-corrected chi connectivity index (χ4v) is 4.34. The van der Waals surface area contributed by atoms with Crippen LogP contribution in [0, 0.1) is 20.8 Å². The van der Waals surface area contributed by atoms with Crippen molar-refractivity contribution in [3.8, 4) is 5.75 Å². The summed E-state index contributed by atoms with van der Waals surface area (Å²) < 4.78 is 5.78. The molecule has 0 fully saturated rings. The second-order valence-electron chi connectivity index (χ2n) is 7.22. The zero-order chi connectivity index (χ0) is 18.3. The van der Waals surface area contributed by atoms with Crippen molar-refractivity contribution in [2.45, 2.75) is 65.7 Å². The molecular formula is C21H26O4. The van der Waals surface area contributed by atoms with E-state index in [4.69, 9.17) is 4.74 Å². The average Bonchev–Trinajstić information content (AvgIpc) is 3.02. The molecule has 25 heavy (non-hydrogen) atoms. The number of hydrogen-bond acceptors (Lipinski definition) is 4. The molecule has 4 heteroatoms. The maximum absolute atomic E-state index is 12.6. The molecule has 4 nitrogen and oxygen atoms in total. The molecule has 1 atom stereocenters. The number of carbonyl (C=O) groups excluding carboxylic acids is 2. The van der Waals surface area contributed by atoms with E-state index in [-0.39, 0.29) is 35.2 Å². The van der Waals surface area contributed by atoms with Crippen LogP contribution < -0.4 is 4.74 Å². The third-order valence-corrected chi connectivity index (χ3v) is 5.64. The second-order valence-corrected chi connectivity index (χ2v) is 7.22. The fraction of sp³-hybridized carbons (Fsp3) is 0.524. The average molecular weight is 342 g/mol. The molecule has 0 saturated carbocycles. The van der Waals surface area contributed by atoms with Gasteiger partial charge in [-0.05, 0) is 55.4 Å². The Hall–Kier alpha value is -2.10. The van der Waals surface area contributed by atoms with Gasteiger partial charge in [0.15, 0.2) is 11.6 Å². The van der Waals surface area contributed by atoms with E-state index >= 15 is 0 Å². The molecule has 1 aromatic carbocycles. The van der Waals surface area contributed by atoms with Crippen LogP contribution in [0.2, 0.25) is 0 Å². The number of Topliss-reactive ketones (excluding diaryl/α,β-unsaturated/α-hetero) is 2. The first kappa shape index (κ1) is 17.7. The van der Waals surface area contributed by atoms with Crippen LogP contribution in [-0.2, 0) is 16.0 Å². The summed E-state index contributed by atoms with van der Waals surface area (Å²) in [6, 6.07) is 0. The first-order valence-electron chi connectivity index (χ1n) is 9.10. The zero-order valence-electron chi connectivity index (χ0n) is 15.5. The van der Waals surface area contributed by atoms with Crippen molar-refractivity contribution in [2.75, 3.05) is 6.61 Å². The van der Waals surface area contributed by atoms with Crippen LogP contribution in [0.25, 0.3) is 0 Å². The third-order valence-electron chi connectivity index (χ3n) is 5.64. The minimum atomic E-state index is -0.226. The molecule has 0 amide bonds. The maximum Gasteiger partial charge on any atom is 0.170 e. The van der Waals surface area contributed by atoms with Crippen molar-refractivity contribution in [1.29, 1.82) is 0 Å². The highest BCUT2D eigenvalue weighted by Crippen LogP contribution is 2.43. The number of benzene rings is 1. The molecule has 3 rings (SSSR count). The van der Waals surface area contributed by atoms with Crippen molar-refractivity contribution >= 4 is 11.6 Å². The van der Waals surface area contributed by atoms with Crippen molar-refractivity contribution in [3.63, 3.8) is 0 Å². The third kappa shape index (κ3) is 2.88. The van der Waals surface area contributed by atoms with Crippen molar-refractivity contribution < 1.29 is 19.4 Å². The summed E-state index contributed by atoms with van der Waals surface area (Å²) >= 11 is 0. The largest absolute Gasteiger partial charge is 0.511 e. The van der Waals surface area contributed by atoms with E-state index in [0.29, 0.717) is 25.9 Å². The molecule has 1 aromatic rings. The van der Waals surface area contributed by atoms with E-state index in [1.165, 1.54) is 11.1 Å². The highest BCUT2D eigenvalue weighted by molar-refractivity contribution is 6.21. The van der Waals surface area contributed by atoms with Crippen LogP contribution in [0.5, 0.6) is 5.75 Å². The lowest BCUT2D eigenvalue weighted by atomic mass is 9.76. The summed E-state index contributed by atoms with van der Waals surface area (Å²) in [5, 5.41) is 10.4. The minimum absolute atomic E-state index is 0.0344. The van der Waals surface area contributed by atoms with Crippen LogP contribution in [0.3, 0.4) is 0 Å². The highest BCUT2D eigenvalue weighted by atomic mass is 16.5. The van der Waals surface area contributed by atoms with E-state index < -0.39 is 0 Å². The van der Waals surface area contributed by atoms with Gasteiger partial charge in [-0.25, -0.2) is 0 Å². The van der Waals surface area contributed by atoms with Crippen molar-refractivity contribution in [3.05, 3.63) is 39.1 Å². The van der Waals surface area contributed by atoms with Gasteiger partial charge in [0, 0.05) is 31.2 Å². The molecule has 1 unspecified atom stereocenters. The smallest absolute Gasteiger partial charge is 0.170 e. The van der Waals surface area contributed by atoms with E-state index in [0.717, 1.165) is 28.9 Å². The minimum Gasteiger partial charge on any atom is -0.511 e. The van der Waals surface area contributed by atoms with Crippen LogP contribution in [0.4, 0.5) is 0 Å².